The predicted molar refractivity (Wildman–Crippen MR) is 88.2 cm³/mol. The molecule has 1 aromatic carbocycles. The highest BCUT2D eigenvalue weighted by Crippen LogP contribution is 2.29. The molecule has 2 saturated heterocycles. The lowest BCUT2D eigenvalue weighted by Gasteiger charge is -2.35. The zero-order valence-corrected chi connectivity index (χ0v) is 14.1. The highest BCUT2D eigenvalue weighted by molar-refractivity contribution is 9.10. The molecule has 4 heteroatoms. The number of rotatable bonds is 4. The summed E-state index contributed by atoms with van der Waals surface area (Å²) in [5.74, 6) is 0.279. The highest BCUT2D eigenvalue weighted by atomic mass is 79.9. The molecule has 2 aliphatic rings. The van der Waals surface area contributed by atoms with E-state index < -0.39 is 0 Å². The van der Waals surface area contributed by atoms with E-state index in [1.54, 1.807) is 0 Å². The summed E-state index contributed by atoms with van der Waals surface area (Å²) in [7, 11) is 1.98. The topological polar surface area (TPSA) is 32.3 Å². The van der Waals surface area contributed by atoms with Crippen molar-refractivity contribution in [3.8, 4) is 0 Å². The number of fused-ring (bicyclic) bond motifs is 2. The Labute approximate surface area is 135 Å². The van der Waals surface area contributed by atoms with E-state index in [-0.39, 0.29) is 5.91 Å². The zero-order chi connectivity index (χ0) is 14.8. The summed E-state index contributed by atoms with van der Waals surface area (Å²) in [4.78, 5) is 14.4. The highest BCUT2D eigenvalue weighted by Gasteiger charge is 2.36. The molecule has 0 aromatic heterocycles. The van der Waals surface area contributed by atoms with Crippen LogP contribution in [0.25, 0.3) is 0 Å². The summed E-state index contributed by atoms with van der Waals surface area (Å²) in [6.45, 7) is 0. The monoisotopic (exact) mass is 350 g/mol. The number of nitrogens with zero attached hydrogens (tertiary/aromatic N) is 1. The summed E-state index contributed by atoms with van der Waals surface area (Å²) in [5.41, 5.74) is 1.22. The van der Waals surface area contributed by atoms with Gasteiger partial charge in [-0.2, -0.15) is 0 Å². The number of carbonyl (C=O) groups is 1. The fourth-order valence-corrected chi connectivity index (χ4v) is 4.11. The average molecular weight is 351 g/mol. The van der Waals surface area contributed by atoms with Gasteiger partial charge in [0.25, 0.3) is 0 Å². The van der Waals surface area contributed by atoms with Gasteiger partial charge < -0.3 is 10.2 Å². The Hall–Kier alpha value is -0.870. The SMILES string of the molecule is CN(C(=O)CCc1cccc(Br)c1)C1CC2CCC(C1)N2. The van der Waals surface area contributed by atoms with Crippen LogP contribution in [0.4, 0.5) is 0 Å². The van der Waals surface area contributed by atoms with Crippen molar-refractivity contribution in [2.45, 2.75) is 56.7 Å². The molecular weight excluding hydrogens is 328 g/mol. The Morgan fingerprint density at radius 2 is 2.05 bits per heavy atom. The molecule has 2 fully saturated rings. The van der Waals surface area contributed by atoms with Crippen LogP contribution in [-0.2, 0) is 11.2 Å². The average Bonchev–Trinajstić information content (AvgIpc) is 2.82. The number of amides is 1. The lowest BCUT2D eigenvalue weighted by atomic mass is 9.98. The van der Waals surface area contributed by atoms with Crippen molar-refractivity contribution in [3.05, 3.63) is 34.3 Å². The van der Waals surface area contributed by atoms with Crippen molar-refractivity contribution in [1.29, 1.82) is 0 Å². The quantitative estimate of drug-likeness (QED) is 0.904. The molecule has 3 nitrogen and oxygen atoms in total. The lowest BCUT2D eigenvalue weighted by molar-refractivity contribution is -0.132. The molecule has 0 radical (unpaired) electrons. The van der Waals surface area contributed by atoms with Gasteiger partial charge in [-0.3, -0.25) is 4.79 Å². The third-order valence-electron chi connectivity index (χ3n) is 4.91. The summed E-state index contributed by atoms with van der Waals surface area (Å²) in [6, 6.07) is 9.92. The summed E-state index contributed by atoms with van der Waals surface area (Å²) in [5, 5.41) is 3.63. The molecule has 2 aliphatic heterocycles. The van der Waals surface area contributed by atoms with Crippen molar-refractivity contribution >= 4 is 21.8 Å². The first-order chi connectivity index (χ1) is 10.1. The number of halogens is 1. The first-order valence-electron chi connectivity index (χ1n) is 7.88. The Bertz CT molecular complexity index is 507. The molecule has 2 atom stereocenters. The van der Waals surface area contributed by atoms with Crippen molar-refractivity contribution in [1.82, 2.24) is 10.2 Å². The number of hydrogen-bond donors (Lipinski definition) is 1. The van der Waals surface area contributed by atoms with Crippen LogP contribution in [0.5, 0.6) is 0 Å². The van der Waals surface area contributed by atoms with Gasteiger partial charge in [0.1, 0.15) is 0 Å². The van der Waals surface area contributed by atoms with E-state index in [2.05, 4.69) is 33.4 Å². The van der Waals surface area contributed by atoms with Crippen LogP contribution in [0.3, 0.4) is 0 Å². The molecule has 0 spiro atoms. The van der Waals surface area contributed by atoms with Gasteiger partial charge in [0.15, 0.2) is 0 Å². The molecule has 3 rings (SSSR count). The maximum Gasteiger partial charge on any atom is 0.222 e. The first kappa shape index (κ1) is 15.0. The Kier molecular flexibility index (Phi) is 4.65. The minimum absolute atomic E-state index is 0.279. The zero-order valence-electron chi connectivity index (χ0n) is 12.5. The number of piperidine rings is 1. The smallest absolute Gasteiger partial charge is 0.222 e. The van der Waals surface area contributed by atoms with Crippen molar-refractivity contribution < 1.29 is 4.79 Å². The number of hydrogen-bond acceptors (Lipinski definition) is 2. The molecule has 2 bridgehead atoms. The third-order valence-corrected chi connectivity index (χ3v) is 5.40. The van der Waals surface area contributed by atoms with E-state index in [1.165, 1.54) is 18.4 Å². The fraction of sp³-hybridized carbons (Fsp3) is 0.588. The number of carbonyl (C=O) groups excluding carboxylic acids is 1. The minimum atomic E-state index is 0.279. The molecule has 2 unspecified atom stereocenters. The molecule has 114 valence electrons. The fourth-order valence-electron chi connectivity index (χ4n) is 3.67. The van der Waals surface area contributed by atoms with Gasteiger partial charge >= 0.3 is 0 Å². The third kappa shape index (κ3) is 3.67. The van der Waals surface area contributed by atoms with E-state index in [9.17, 15) is 4.79 Å². The van der Waals surface area contributed by atoms with Crippen LogP contribution in [0.15, 0.2) is 28.7 Å². The van der Waals surface area contributed by atoms with E-state index >= 15 is 0 Å². The van der Waals surface area contributed by atoms with E-state index in [1.807, 2.05) is 24.1 Å². The Balaban J connectivity index is 1.53. The van der Waals surface area contributed by atoms with Crippen molar-refractivity contribution in [2.24, 2.45) is 0 Å². The summed E-state index contributed by atoms with van der Waals surface area (Å²) in [6.07, 6.45) is 6.22. The second kappa shape index (κ2) is 6.49. The number of aryl methyl sites for hydroxylation is 1. The molecular formula is C17H23BrN2O. The van der Waals surface area contributed by atoms with Crippen LogP contribution < -0.4 is 5.32 Å². The van der Waals surface area contributed by atoms with Crippen molar-refractivity contribution in [3.63, 3.8) is 0 Å². The molecule has 1 amide bonds. The maximum atomic E-state index is 12.4. The van der Waals surface area contributed by atoms with Gasteiger partial charge in [0, 0.05) is 36.1 Å². The maximum absolute atomic E-state index is 12.4. The van der Waals surface area contributed by atoms with Crippen LogP contribution in [0.2, 0.25) is 0 Å². The van der Waals surface area contributed by atoms with Gasteiger partial charge in [-0.1, -0.05) is 28.1 Å². The normalized spacial score (nSPS) is 27.6. The van der Waals surface area contributed by atoms with Gasteiger partial charge in [-0.05, 0) is 49.8 Å². The van der Waals surface area contributed by atoms with Gasteiger partial charge in [0.05, 0.1) is 0 Å². The van der Waals surface area contributed by atoms with Gasteiger partial charge in [-0.15, -0.1) is 0 Å². The lowest BCUT2D eigenvalue weighted by Crippen LogP contribution is -2.48. The second-order valence-corrected chi connectivity index (χ2v) is 7.31. The van der Waals surface area contributed by atoms with Crippen LogP contribution in [0, 0.1) is 0 Å². The second-order valence-electron chi connectivity index (χ2n) is 6.40. The van der Waals surface area contributed by atoms with Crippen LogP contribution in [-0.4, -0.2) is 36.0 Å². The first-order valence-corrected chi connectivity index (χ1v) is 8.67. The van der Waals surface area contributed by atoms with E-state index in [4.69, 9.17) is 0 Å². The molecule has 2 heterocycles. The van der Waals surface area contributed by atoms with Crippen LogP contribution >= 0.6 is 15.9 Å². The molecule has 21 heavy (non-hydrogen) atoms. The predicted octanol–water partition coefficient (Wildman–Crippen LogP) is 3.12. The number of benzene rings is 1. The molecule has 0 saturated carbocycles. The van der Waals surface area contributed by atoms with Gasteiger partial charge in [0.2, 0.25) is 5.91 Å². The van der Waals surface area contributed by atoms with Gasteiger partial charge in [-0.25, -0.2) is 0 Å². The summed E-state index contributed by atoms with van der Waals surface area (Å²) < 4.78 is 1.08. The standard InChI is InChI=1S/C17H23BrN2O/c1-20(16-10-14-6-7-15(11-16)19-14)17(21)8-5-12-3-2-4-13(18)9-12/h2-4,9,14-16,19H,5-8,10-11H2,1H3. The Morgan fingerprint density at radius 1 is 1.33 bits per heavy atom. The van der Waals surface area contributed by atoms with E-state index in [0.29, 0.717) is 24.5 Å². The van der Waals surface area contributed by atoms with Crippen molar-refractivity contribution in [2.75, 3.05) is 7.05 Å². The minimum Gasteiger partial charge on any atom is -0.343 e. The molecule has 0 aliphatic carbocycles. The van der Waals surface area contributed by atoms with E-state index in [0.717, 1.165) is 23.7 Å². The Morgan fingerprint density at radius 3 is 2.71 bits per heavy atom. The number of nitrogens with one attached hydrogen (secondary N) is 1. The van der Waals surface area contributed by atoms with Crippen LogP contribution in [0.1, 0.15) is 37.7 Å². The summed E-state index contributed by atoms with van der Waals surface area (Å²) >= 11 is 3.48. The largest absolute Gasteiger partial charge is 0.343 e. The molecule has 1 aromatic rings. The molecule has 1 N–H and O–H groups in total.